The first-order valence-electron chi connectivity index (χ1n) is 43.7. The molecular weight excluding hydrogens is 1490 g/mol. The third-order valence-corrected chi connectivity index (χ3v) is 28.7. The first kappa shape index (κ1) is 68.2. The van der Waals surface area contributed by atoms with E-state index in [1.165, 1.54) is 314 Å². The zero-order valence-corrected chi connectivity index (χ0v) is 68.8. The molecule has 0 amide bonds. The van der Waals surface area contributed by atoms with Gasteiger partial charge in [-0.3, -0.25) is 0 Å². The van der Waals surface area contributed by atoms with Crippen LogP contribution in [0.15, 0.2) is 376 Å². The van der Waals surface area contributed by atoms with E-state index in [9.17, 15) is 0 Å². The summed E-state index contributed by atoms with van der Waals surface area (Å²) in [4.78, 5) is 0. The molecule has 0 heteroatoms. The second kappa shape index (κ2) is 25.0. The number of benzene rings is 24. The Kier molecular flexibility index (Phi) is 13.8. The second-order valence-electron chi connectivity index (χ2n) is 35.7. The van der Waals surface area contributed by atoms with Gasteiger partial charge in [0.25, 0.3) is 0 Å². The molecule has 124 heavy (non-hydrogen) atoms. The molecule has 0 heterocycles. The molecule has 0 radical (unpaired) electrons. The molecule has 0 aliphatic carbocycles. The number of fused-ring (bicyclic) bond motifs is 30. The number of hydrogen-bond acceptors (Lipinski definition) is 0. The van der Waals surface area contributed by atoms with Gasteiger partial charge in [-0.15, -0.1) is 0 Å². The number of aryl methyl sites for hydroxylation is 4. The van der Waals surface area contributed by atoms with E-state index < -0.39 is 0 Å². The maximum atomic E-state index is 2.51. The fourth-order valence-electron chi connectivity index (χ4n) is 23.8. The molecule has 570 valence electrons. The average molecular weight is 1560 g/mol. The van der Waals surface area contributed by atoms with Crippen molar-refractivity contribution >= 4 is 259 Å². The van der Waals surface area contributed by atoms with E-state index in [2.05, 4.69) is 404 Å². The fourth-order valence-corrected chi connectivity index (χ4v) is 23.8. The molecule has 0 bridgehead atoms. The smallest absolute Gasteiger partial charge is 0.00139 e. The Morgan fingerprint density at radius 2 is 0.298 bits per heavy atom. The summed E-state index contributed by atoms with van der Waals surface area (Å²) in [5.74, 6) is 0. The zero-order valence-electron chi connectivity index (χ0n) is 68.8. The molecule has 0 saturated carbocycles. The minimum atomic E-state index is 1.26. The van der Waals surface area contributed by atoms with Crippen LogP contribution in [0.1, 0.15) is 22.3 Å². The topological polar surface area (TPSA) is 0 Å². The van der Waals surface area contributed by atoms with Gasteiger partial charge in [0, 0.05) is 0 Å². The van der Waals surface area contributed by atoms with E-state index in [1.807, 2.05) is 0 Å². The zero-order chi connectivity index (χ0) is 81.3. The summed E-state index contributed by atoms with van der Waals surface area (Å²) in [6.07, 6.45) is 0. The molecule has 0 spiro atoms. The summed E-state index contributed by atoms with van der Waals surface area (Å²) in [7, 11) is 0. The Bertz CT molecular complexity index is 9860. The summed E-state index contributed by atoms with van der Waals surface area (Å²) >= 11 is 0. The molecule has 0 unspecified atom stereocenters. The van der Waals surface area contributed by atoms with Crippen molar-refractivity contribution in [3.63, 3.8) is 0 Å². The molecule has 0 aromatic heterocycles. The highest BCUT2D eigenvalue weighted by atomic mass is 14.3. The molecule has 0 saturated heterocycles. The average Bonchev–Trinajstić information content (AvgIpc) is 1.59. The summed E-state index contributed by atoms with van der Waals surface area (Å²) in [5, 5.41) is 64.7. The van der Waals surface area contributed by atoms with Crippen molar-refractivity contribution < 1.29 is 0 Å². The summed E-state index contributed by atoms with van der Waals surface area (Å²) in [6.45, 7) is 8.88. The maximum absolute atomic E-state index is 2.51. The van der Waals surface area contributed by atoms with Crippen LogP contribution < -0.4 is 0 Å². The standard InChI is InChI=1S/C42H26.2C41H24/c1-23-15-27-16-24(2)18-38-36-22-34-32-19-26-11-8-14-29-28-12-6-7-13-30(28)42(41(26)29)39(32)20-31(25-9-4-3-5-10-25)33(34)21-35(36)37(17-23)40(27)38;1-23-17-25-11-7-16-30-33-21-35-32-19-26-12-8-15-28-27-13-5-6-14-29(27)41(40(26)28)38(32)20-31(24-9-3-2-4-10-24)34(35)22-36(33)37(18-23)39(25)30;1-23-17-25-11-7-16-30-33-21-34-31(24-9-3-2-4-10-24)20-38-32(35(34)22-36(33)37(18-23)39(25)30)19-26-12-8-15-28-27-13-5-6-14-29(27)41(38)40(26)28/h3-22H,1-2H3;2*2-22H,1H3. The monoisotopic (exact) mass is 1560 g/mol. The van der Waals surface area contributed by atoms with Gasteiger partial charge in [0.15, 0.2) is 0 Å². The van der Waals surface area contributed by atoms with Crippen molar-refractivity contribution in [2.24, 2.45) is 0 Å². The van der Waals surface area contributed by atoms with Gasteiger partial charge in [0.1, 0.15) is 0 Å². The molecule has 0 fully saturated rings. The van der Waals surface area contributed by atoms with Crippen LogP contribution in [-0.2, 0) is 0 Å². The van der Waals surface area contributed by atoms with Crippen LogP contribution >= 0.6 is 0 Å². The predicted octanol–water partition coefficient (Wildman–Crippen LogP) is 35.6. The summed E-state index contributed by atoms with van der Waals surface area (Å²) < 4.78 is 0. The lowest BCUT2D eigenvalue weighted by atomic mass is 9.89. The van der Waals surface area contributed by atoms with Crippen molar-refractivity contribution in [1.82, 2.24) is 0 Å². The highest BCUT2D eigenvalue weighted by Crippen LogP contribution is 2.55. The quantitative estimate of drug-likeness (QED) is 0.122. The van der Waals surface area contributed by atoms with Gasteiger partial charge in [0.05, 0.1) is 0 Å². The Hall–Kier alpha value is -15.6. The van der Waals surface area contributed by atoms with E-state index in [4.69, 9.17) is 0 Å². The van der Waals surface area contributed by atoms with E-state index in [0.29, 0.717) is 0 Å². The van der Waals surface area contributed by atoms with Crippen LogP contribution in [0.5, 0.6) is 0 Å². The van der Waals surface area contributed by atoms with Gasteiger partial charge in [-0.2, -0.15) is 0 Å². The van der Waals surface area contributed by atoms with E-state index in [-0.39, 0.29) is 0 Å². The van der Waals surface area contributed by atoms with Gasteiger partial charge in [0.2, 0.25) is 0 Å². The minimum Gasteiger partial charge on any atom is -0.0622 e. The van der Waals surface area contributed by atoms with Gasteiger partial charge in [-0.1, -0.05) is 303 Å². The molecule has 0 aliphatic heterocycles. The molecular formula is C124H74. The van der Waals surface area contributed by atoms with Crippen LogP contribution in [0.3, 0.4) is 0 Å². The fraction of sp³-hybridized carbons (Fsp3) is 0.0323. The van der Waals surface area contributed by atoms with E-state index in [1.54, 1.807) is 0 Å². The van der Waals surface area contributed by atoms with E-state index >= 15 is 0 Å². The largest absolute Gasteiger partial charge is 0.0622 e. The van der Waals surface area contributed by atoms with Crippen LogP contribution in [-0.4, -0.2) is 0 Å². The first-order chi connectivity index (χ1) is 61.1. The highest BCUT2D eigenvalue weighted by molar-refractivity contribution is 6.45. The molecule has 30 aromatic rings. The molecule has 0 atom stereocenters. The number of rotatable bonds is 3. The third kappa shape index (κ3) is 9.36. The first-order valence-corrected chi connectivity index (χ1v) is 43.7. The van der Waals surface area contributed by atoms with Crippen molar-refractivity contribution in [3.8, 4) is 33.4 Å². The Morgan fingerprint density at radius 1 is 0.105 bits per heavy atom. The Labute approximate surface area is 712 Å². The van der Waals surface area contributed by atoms with Crippen LogP contribution in [0.2, 0.25) is 0 Å². The summed E-state index contributed by atoms with van der Waals surface area (Å²) in [6, 6.07) is 142. The van der Waals surface area contributed by atoms with Crippen molar-refractivity contribution in [3.05, 3.63) is 398 Å². The predicted molar refractivity (Wildman–Crippen MR) is 542 cm³/mol. The normalized spacial score (nSPS) is 12.5. The molecule has 0 aliphatic rings. The van der Waals surface area contributed by atoms with E-state index in [0.717, 1.165) is 0 Å². The van der Waals surface area contributed by atoms with Gasteiger partial charge in [-0.25, -0.2) is 0 Å². The lowest BCUT2D eigenvalue weighted by Crippen LogP contribution is -1.87. The Balaban J connectivity index is 0.0000000951. The second-order valence-corrected chi connectivity index (χ2v) is 35.7. The van der Waals surface area contributed by atoms with Crippen molar-refractivity contribution in [2.75, 3.05) is 0 Å². The highest BCUT2D eigenvalue weighted by Gasteiger charge is 2.27. The maximum Gasteiger partial charge on any atom is -0.00139 e. The van der Waals surface area contributed by atoms with Crippen molar-refractivity contribution in [2.45, 2.75) is 27.7 Å². The van der Waals surface area contributed by atoms with Crippen LogP contribution in [0, 0.1) is 27.7 Å². The molecule has 30 aromatic carbocycles. The van der Waals surface area contributed by atoms with Gasteiger partial charge >= 0.3 is 0 Å². The molecule has 0 nitrogen and oxygen atoms in total. The number of hydrogen-bond donors (Lipinski definition) is 0. The third-order valence-electron chi connectivity index (χ3n) is 28.7. The SMILES string of the molecule is Cc1cc2cc(C)cc3c4cc5c(cc4c(c1)c23)c(-c1ccccc1)cc1c5cc2cccc3c4ccccc4c1c23.Cc1cc2cccc3c4cc5c(-c6ccccc6)cc6c(cc7cccc8c9ccccc9c6c78)c5cc4c(c1)c23.Cc1cc2cccc3c4cc5c(cc4c(c1)c23)c(-c1ccccc1)cc1c5cc2cccc3c4ccccc4c1c23. The van der Waals surface area contributed by atoms with Gasteiger partial charge in [-0.05, 0) is 415 Å². The lowest BCUT2D eigenvalue weighted by Gasteiger charge is -2.14. The minimum absolute atomic E-state index is 1.26. The Morgan fingerprint density at radius 3 is 0.597 bits per heavy atom. The van der Waals surface area contributed by atoms with Crippen molar-refractivity contribution in [1.29, 1.82) is 0 Å². The van der Waals surface area contributed by atoms with Crippen LogP contribution in [0.25, 0.3) is 292 Å². The summed E-state index contributed by atoms with van der Waals surface area (Å²) in [5.41, 5.74) is 12.9. The molecule has 0 N–H and O–H groups in total. The lowest BCUT2D eigenvalue weighted by molar-refractivity contribution is 1.50. The van der Waals surface area contributed by atoms with Crippen LogP contribution in [0.4, 0.5) is 0 Å². The molecule has 30 rings (SSSR count). The van der Waals surface area contributed by atoms with Gasteiger partial charge < -0.3 is 0 Å².